The Morgan fingerprint density at radius 2 is 2.03 bits per heavy atom. The van der Waals surface area contributed by atoms with E-state index in [1.807, 2.05) is 24.3 Å². The third-order valence-corrected chi connectivity index (χ3v) is 8.52. The van der Waals surface area contributed by atoms with Crippen molar-refractivity contribution in [1.29, 1.82) is 0 Å². The van der Waals surface area contributed by atoms with Crippen LogP contribution in [0.4, 0.5) is 0 Å². The molecule has 0 saturated carbocycles. The van der Waals surface area contributed by atoms with Gasteiger partial charge in [-0.25, -0.2) is 12.7 Å². The molecule has 4 rings (SSSR count). The molecule has 1 aromatic heterocycles. The van der Waals surface area contributed by atoms with Crippen molar-refractivity contribution < 1.29 is 13.2 Å². The third-order valence-electron chi connectivity index (χ3n) is 6.56. The van der Waals surface area contributed by atoms with Crippen LogP contribution in [0, 0.1) is 11.3 Å². The van der Waals surface area contributed by atoms with Gasteiger partial charge in [0.15, 0.2) is 0 Å². The van der Waals surface area contributed by atoms with E-state index in [9.17, 15) is 13.2 Å². The number of aryl methyl sites for hydroxylation is 1. The molecule has 1 N–H and O–H groups in total. The van der Waals surface area contributed by atoms with Crippen LogP contribution in [0.1, 0.15) is 55.2 Å². The third kappa shape index (κ3) is 4.10. The van der Waals surface area contributed by atoms with Crippen molar-refractivity contribution in [2.45, 2.75) is 46.5 Å². The second-order valence-electron chi connectivity index (χ2n) is 9.56. The molecular formula is C23H31N3O3S. The number of nitrogens with zero attached hydrogens (tertiary/aromatic N) is 2. The zero-order valence-electron chi connectivity index (χ0n) is 18.1. The maximum atomic E-state index is 13.3. The Labute approximate surface area is 179 Å². The highest BCUT2D eigenvalue weighted by Gasteiger charge is 2.33. The van der Waals surface area contributed by atoms with E-state index in [-0.39, 0.29) is 17.1 Å². The molecule has 162 valence electrons. The summed E-state index contributed by atoms with van der Waals surface area (Å²) in [7, 11) is -3.15. The summed E-state index contributed by atoms with van der Waals surface area (Å²) in [6.07, 6.45) is 3.47. The van der Waals surface area contributed by atoms with Crippen LogP contribution in [0.2, 0.25) is 0 Å². The molecule has 1 aliphatic carbocycles. The summed E-state index contributed by atoms with van der Waals surface area (Å²) in [5, 5.41) is 3.86. The number of carbonyl (C=O) groups excluding carboxylic acids is 1. The molecule has 1 fully saturated rings. The predicted octanol–water partition coefficient (Wildman–Crippen LogP) is 3.15. The molecule has 2 aliphatic rings. The minimum Gasteiger partial charge on any atom is -0.351 e. The lowest BCUT2D eigenvalue weighted by Gasteiger charge is -2.35. The van der Waals surface area contributed by atoms with Crippen LogP contribution in [0.3, 0.4) is 0 Å². The average molecular weight is 430 g/mol. The van der Waals surface area contributed by atoms with Gasteiger partial charge in [-0.1, -0.05) is 39.0 Å². The molecule has 7 heteroatoms. The van der Waals surface area contributed by atoms with Crippen LogP contribution < -0.4 is 5.32 Å². The molecule has 1 unspecified atom stereocenters. The maximum absolute atomic E-state index is 13.3. The summed E-state index contributed by atoms with van der Waals surface area (Å²) in [5.74, 6) is 0.572. The average Bonchev–Trinajstić information content (AvgIpc) is 3.03. The van der Waals surface area contributed by atoms with Crippen molar-refractivity contribution >= 4 is 26.8 Å². The number of hydrogen-bond acceptors (Lipinski definition) is 4. The summed E-state index contributed by atoms with van der Waals surface area (Å²) >= 11 is 0. The van der Waals surface area contributed by atoms with Crippen molar-refractivity contribution in [3.8, 4) is 0 Å². The number of pyridine rings is 1. The molecule has 1 aromatic carbocycles. The fourth-order valence-electron chi connectivity index (χ4n) is 4.71. The van der Waals surface area contributed by atoms with Gasteiger partial charge in [-0.2, -0.15) is 0 Å². The minimum atomic E-state index is -3.15. The van der Waals surface area contributed by atoms with Gasteiger partial charge < -0.3 is 5.32 Å². The first-order valence-electron chi connectivity index (χ1n) is 10.8. The quantitative estimate of drug-likeness (QED) is 0.810. The van der Waals surface area contributed by atoms with E-state index in [0.717, 1.165) is 41.4 Å². The molecule has 1 amide bonds. The summed E-state index contributed by atoms with van der Waals surface area (Å²) < 4.78 is 25.5. The molecule has 1 atom stereocenters. The largest absolute Gasteiger partial charge is 0.351 e. The van der Waals surface area contributed by atoms with Crippen LogP contribution in [-0.2, 0) is 22.9 Å². The summed E-state index contributed by atoms with van der Waals surface area (Å²) in [6, 6.07) is 7.80. The van der Waals surface area contributed by atoms with E-state index in [1.165, 1.54) is 4.31 Å². The highest BCUT2D eigenvalue weighted by atomic mass is 32.2. The van der Waals surface area contributed by atoms with Crippen LogP contribution in [0.25, 0.3) is 10.9 Å². The zero-order chi connectivity index (χ0) is 21.5. The topological polar surface area (TPSA) is 79.4 Å². The number of hydrogen-bond donors (Lipinski definition) is 1. The van der Waals surface area contributed by atoms with E-state index in [2.05, 4.69) is 26.1 Å². The van der Waals surface area contributed by atoms with E-state index in [1.54, 1.807) is 0 Å². The molecule has 2 heterocycles. The fourth-order valence-corrected chi connectivity index (χ4v) is 6.24. The summed E-state index contributed by atoms with van der Waals surface area (Å²) in [4.78, 5) is 18.2. The summed E-state index contributed by atoms with van der Waals surface area (Å²) in [5.41, 5.74) is 3.82. The molecule has 1 saturated heterocycles. The van der Waals surface area contributed by atoms with Crippen LogP contribution >= 0.6 is 0 Å². The number of amides is 1. The summed E-state index contributed by atoms with van der Waals surface area (Å²) in [6.45, 7) is 7.95. The molecular weight excluding hydrogens is 398 g/mol. The number of fused-ring (bicyclic) bond motifs is 2. The van der Waals surface area contributed by atoms with Crippen LogP contribution in [-0.4, -0.2) is 49.0 Å². The van der Waals surface area contributed by atoms with Gasteiger partial charge in [0, 0.05) is 30.7 Å². The Morgan fingerprint density at radius 1 is 1.27 bits per heavy atom. The second-order valence-corrected chi connectivity index (χ2v) is 11.6. The van der Waals surface area contributed by atoms with E-state index >= 15 is 0 Å². The number of rotatable bonds is 4. The second kappa shape index (κ2) is 7.93. The van der Waals surface area contributed by atoms with E-state index < -0.39 is 10.0 Å². The van der Waals surface area contributed by atoms with Crippen molar-refractivity contribution in [1.82, 2.24) is 14.6 Å². The lowest BCUT2D eigenvalue weighted by atomic mass is 9.70. The van der Waals surface area contributed by atoms with Crippen molar-refractivity contribution in [2.24, 2.45) is 11.3 Å². The fraction of sp³-hybridized carbons (Fsp3) is 0.565. The lowest BCUT2D eigenvalue weighted by molar-refractivity contribution is 0.0950. The number of para-hydroxylation sites is 1. The van der Waals surface area contributed by atoms with Gasteiger partial charge >= 0.3 is 0 Å². The first kappa shape index (κ1) is 21.2. The van der Waals surface area contributed by atoms with Crippen molar-refractivity contribution in [2.75, 3.05) is 25.4 Å². The van der Waals surface area contributed by atoms with E-state index in [4.69, 9.17) is 4.98 Å². The SMILES string of the molecule is CC(C)(C)C1CCc2nc3ccccc3c(C(=O)NCCN3CCCS3(=O)=O)c2C1. The van der Waals surface area contributed by atoms with Gasteiger partial charge in [0.05, 0.1) is 16.8 Å². The number of aromatic nitrogens is 1. The molecule has 6 nitrogen and oxygen atoms in total. The number of carbonyl (C=O) groups is 1. The molecule has 0 bridgehead atoms. The smallest absolute Gasteiger partial charge is 0.252 e. The van der Waals surface area contributed by atoms with Gasteiger partial charge in [-0.15, -0.1) is 0 Å². The Hall–Kier alpha value is -1.99. The van der Waals surface area contributed by atoms with Gasteiger partial charge in [0.2, 0.25) is 10.0 Å². The van der Waals surface area contributed by atoms with Gasteiger partial charge in [0.1, 0.15) is 0 Å². The van der Waals surface area contributed by atoms with E-state index in [0.29, 0.717) is 37.5 Å². The standard InChI is InChI=1S/C23H31N3O3S/c1-23(2,3)16-9-10-20-18(15-16)21(17-7-4-5-8-19(17)25-20)22(27)24-11-13-26-12-6-14-30(26,28)29/h4-5,7-8,16H,6,9-15H2,1-3H3,(H,24,27). The highest BCUT2D eigenvalue weighted by molar-refractivity contribution is 7.89. The zero-order valence-corrected chi connectivity index (χ0v) is 18.9. The molecule has 0 spiro atoms. The monoisotopic (exact) mass is 429 g/mol. The van der Waals surface area contributed by atoms with Gasteiger partial charge in [-0.3, -0.25) is 9.78 Å². The van der Waals surface area contributed by atoms with Crippen LogP contribution in [0.15, 0.2) is 24.3 Å². The Bertz CT molecular complexity index is 1070. The van der Waals surface area contributed by atoms with Crippen molar-refractivity contribution in [3.05, 3.63) is 41.1 Å². The van der Waals surface area contributed by atoms with Crippen molar-refractivity contribution in [3.63, 3.8) is 0 Å². The molecule has 2 aromatic rings. The van der Waals surface area contributed by atoms with Crippen LogP contribution in [0.5, 0.6) is 0 Å². The normalized spacial score (nSPS) is 21.5. The Morgan fingerprint density at radius 3 is 2.73 bits per heavy atom. The molecule has 30 heavy (non-hydrogen) atoms. The predicted molar refractivity (Wildman–Crippen MR) is 119 cm³/mol. The Balaban J connectivity index is 1.62. The maximum Gasteiger partial charge on any atom is 0.252 e. The first-order valence-corrected chi connectivity index (χ1v) is 12.4. The van der Waals surface area contributed by atoms with Gasteiger partial charge in [0.25, 0.3) is 5.91 Å². The Kier molecular flexibility index (Phi) is 5.62. The number of benzene rings is 1. The number of sulfonamides is 1. The van der Waals surface area contributed by atoms with Gasteiger partial charge in [-0.05, 0) is 48.6 Å². The molecule has 1 aliphatic heterocycles. The lowest BCUT2D eigenvalue weighted by Crippen LogP contribution is -2.37. The molecule has 0 radical (unpaired) electrons. The first-order chi connectivity index (χ1) is 14.2. The highest BCUT2D eigenvalue weighted by Crippen LogP contribution is 2.39. The minimum absolute atomic E-state index is 0.129. The number of nitrogens with one attached hydrogen (secondary N) is 1.